The van der Waals surface area contributed by atoms with Gasteiger partial charge in [0.2, 0.25) is 0 Å². The summed E-state index contributed by atoms with van der Waals surface area (Å²) in [4.78, 5) is 10.5. The number of halogens is 1. The number of anilines is 1. The van der Waals surface area contributed by atoms with Crippen LogP contribution in [0.4, 0.5) is 5.82 Å². The summed E-state index contributed by atoms with van der Waals surface area (Å²) in [5.41, 5.74) is 5.55. The van der Waals surface area contributed by atoms with Gasteiger partial charge in [-0.2, -0.15) is 4.98 Å². The van der Waals surface area contributed by atoms with Gasteiger partial charge >= 0.3 is 6.01 Å². The van der Waals surface area contributed by atoms with Crippen LogP contribution in [0.1, 0.15) is 19.3 Å². The van der Waals surface area contributed by atoms with E-state index in [1.807, 2.05) is 0 Å². The third kappa shape index (κ3) is 2.98. The van der Waals surface area contributed by atoms with Gasteiger partial charge in [-0.05, 0) is 25.8 Å². The van der Waals surface area contributed by atoms with Crippen molar-refractivity contribution in [2.75, 3.05) is 25.1 Å². The molecule has 0 aliphatic heterocycles. The van der Waals surface area contributed by atoms with Crippen molar-refractivity contribution in [1.29, 1.82) is 0 Å². The van der Waals surface area contributed by atoms with Gasteiger partial charge in [-0.3, -0.25) is 0 Å². The molecule has 0 unspecified atom stereocenters. The van der Waals surface area contributed by atoms with E-state index in [1.165, 1.54) is 12.8 Å². The molecule has 0 saturated heterocycles. The zero-order valence-corrected chi connectivity index (χ0v) is 10.7. The monoisotopic (exact) mass is 256 g/mol. The van der Waals surface area contributed by atoms with E-state index in [1.54, 1.807) is 13.3 Å². The molecule has 17 heavy (non-hydrogen) atoms. The lowest BCUT2D eigenvalue weighted by molar-refractivity contribution is 0.379. The number of hydrogen-bond donors (Lipinski definition) is 1. The molecule has 1 aromatic heterocycles. The second-order valence-electron chi connectivity index (χ2n) is 4.10. The van der Waals surface area contributed by atoms with E-state index >= 15 is 0 Å². The number of methoxy groups -OCH3 is 1. The first-order valence-electron chi connectivity index (χ1n) is 5.79. The molecular weight excluding hydrogens is 240 g/mol. The minimum absolute atomic E-state index is 0.350. The zero-order chi connectivity index (χ0) is 12.3. The van der Waals surface area contributed by atoms with Crippen LogP contribution in [0.15, 0.2) is 6.20 Å². The minimum atomic E-state index is 0.350. The molecule has 0 spiro atoms. The molecule has 1 fully saturated rings. The van der Waals surface area contributed by atoms with Crippen LogP contribution in [0.5, 0.6) is 6.01 Å². The van der Waals surface area contributed by atoms with Crippen LogP contribution in [-0.2, 0) is 0 Å². The molecule has 1 aliphatic carbocycles. The highest BCUT2D eigenvalue weighted by Gasteiger charge is 2.31. The molecule has 6 heteroatoms. The fourth-order valence-corrected chi connectivity index (χ4v) is 1.95. The second-order valence-corrected chi connectivity index (χ2v) is 4.50. The van der Waals surface area contributed by atoms with Crippen LogP contribution in [0.25, 0.3) is 0 Å². The van der Waals surface area contributed by atoms with Gasteiger partial charge in [0.15, 0.2) is 5.82 Å². The molecule has 1 aromatic rings. The van der Waals surface area contributed by atoms with Gasteiger partial charge in [-0.15, -0.1) is 0 Å². The second kappa shape index (κ2) is 5.51. The van der Waals surface area contributed by atoms with Crippen LogP contribution < -0.4 is 15.4 Å². The van der Waals surface area contributed by atoms with Gasteiger partial charge in [0.1, 0.15) is 5.02 Å². The van der Waals surface area contributed by atoms with Crippen LogP contribution in [0, 0.1) is 0 Å². The summed E-state index contributed by atoms with van der Waals surface area (Å²) in [6.07, 6.45) is 4.89. The van der Waals surface area contributed by atoms with Crippen molar-refractivity contribution in [3.05, 3.63) is 11.2 Å². The average Bonchev–Trinajstić information content (AvgIpc) is 3.16. The Hall–Kier alpha value is -1.07. The van der Waals surface area contributed by atoms with Crippen molar-refractivity contribution in [3.8, 4) is 6.01 Å². The molecule has 0 bridgehead atoms. The fraction of sp³-hybridized carbons (Fsp3) is 0.636. The van der Waals surface area contributed by atoms with Gasteiger partial charge in [0.25, 0.3) is 0 Å². The van der Waals surface area contributed by atoms with Gasteiger partial charge in [0, 0.05) is 12.6 Å². The molecule has 0 atom stereocenters. The molecule has 2 N–H and O–H groups in total. The minimum Gasteiger partial charge on any atom is -0.467 e. The molecule has 1 saturated carbocycles. The van der Waals surface area contributed by atoms with Crippen molar-refractivity contribution in [3.63, 3.8) is 0 Å². The maximum atomic E-state index is 6.15. The summed E-state index contributed by atoms with van der Waals surface area (Å²) in [5.74, 6) is 0.759. The van der Waals surface area contributed by atoms with Crippen molar-refractivity contribution < 1.29 is 4.74 Å². The molecule has 1 aliphatic rings. The van der Waals surface area contributed by atoms with E-state index in [9.17, 15) is 0 Å². The number of nitrogens with two attached hydrogens (primary N) is 1. The number of hydrogen-bond acceptors (Lipinski definition) is 5. The molecule has 0 amide bonds. The summed E-state index contributed by atoms with van der Waals surface area (Å²) in [7, 11) is 1.55. The topological polar surface area (TPSA) is 64.3 Å². The lowest BCUT2D eigenvalue weighted by Gasteiger charge is -2.24. The van der Waals surface area contributed by atoms with Crippen LogP contribution >= 0.6 is 11.6 Å². The molecule has 2 rings (SSSR count). The molecular formula is C11H17ClN4O. The number of nitrogens with zero attached hydrogens (tertiary/aromatic N) is 3. The quantitative estimate of drug-likeness (QED) is 0.835. The Labute approximate surface area is 106 Å². The average molecular weight is 257 g/mol. The highest BCUT2D eigenvalue weighted by Crippen LogP contribution is 2.34. The highest BCUT2D eigenvalue weighted by atomic mass is 35.5. The van der Waals surface area contributed by atoms with Crippen molar-refractivity contribution in [2.24, 2.45) is 5.73 Å². The Morgan fingerprint density at radius 3 is 2.94 bits per heavy atom. The maximum absolute atomic E-state index is 6.15. The van der Waals surface area contributed by atoms with Crippen molar-refractivity contribution >= 4 is 17.4 Å². The Bertz CT molecular complexity index is 384. The van der Waals surface area contributed by atoms with Crippen molar-refractivity contribution in [1.82, 2.24) is 9.97 Å². The van der Waals surface area contributed by atoms with E-state index < -0.39 is 0 Å². The lowest BCUT2D eigenvalue weighted by atomic mass is 10.3. The lowest BCUT2D eigenvalue weighted by Crippen LogP contribution is -2.29. The summed E-state index contributed by atoms with van der Waals surface area (Å²) < 4.78 is 5.03. The van der Waals surface area contributed by atoms with Crippen LogP contribution in [0.3, 0.4) is 0 Å². The molecule has 0 radical (unpaired) electrons. The van der Waals surface area contributed by atoms with E-state index in [0.717, 1.165) is 18.8 Å². The molecule has 1 heterocycles. The smallest absolute Gasteiger partial charge is 0.318 e. The Morgan fingerprint density at radius 1 is 1.59 bits per heavy atom. The summed E-state index contributed by atoms with van der Waals surface area (Å²) in [6.45, 7) is 1.55. The molecule has 0 aromatic carbocycles. The van der Waals surface area contributed by atoms with Gasteiger partial charge < -0.3 is 15.4 Å². The zero-order valence-electron chi connectivity index (χ0n) is 9.90. The van der Waals surface area contributed by atoms with E-state index in [2.05, 4.69) is 14.9 Å². The number of aromatic nitrogens is 2. The first-order chi connectivity index (χ1) is 8.26. The van der Waals surface area contributed by atoms with E-state index in [0.29, 0.717) is 23.6 Å². The summed E-state index contributed by atoms with van der Waals surface area (Å²) >= 11 is 6.15. The van der Waals surface area contributed by atoms with Crippen LogP contribution in [0.2, 0.25) is 5.02 Å². The third-order valence-electron chi connectivity index (χ3n) is 2.75. The summed E-state index contributed by atoms with van der Waals surface area (Å²) in [5, 5.41) is 0.565. The van der Waals surface area contributed by atoms with Crippen LogP contribution in [-0.4, -0.2) is 36.2 Å². The Kier molecular flexibility index (Phi) is 4.02. The van der Waals surface area contributed by atoms with Gasteiger partial charge in [-0.1, -0.05) is 11.6 Å². The molecule has 94 valence electrons. The Balaban J connectivity index is 2.21. The fourth-order valence-electron chi connectivity index (χ4n) is 1.75. The predicted molar refractivity (Wildman–Crippen MR) is 67.6 cm³/mol. The standard InChI is InChI=1S/C11H17ClN4O/c1-17-11-14-7-9(12)10(15-11)16(6-2-5-13)8-3-4-8/h7-8H,2-6,13H2,1H3. The first kappa shape index (κ1) is 12.4. The highest BCUT2D eigenvalue weighted by molar-refractivity contribution is 6.32. The largest absolute Gasteiger partial charge is 0.467 e. The number of rotatable bonds is 6. The SMILES string of the molecule is COc1ncc(Cl)c(N(CCCN)C2CC2)n1. The first-order valence-corrected chi connectivity index (χ1v) is 6.17. The third-order valence-corrected chi connectivity index (χ3v) is 3.02. The molecule has 5 nitrogen and oxygen atoms in total. The summed E-state index contributed by atoms with van der Waals surface area (Å²) in [6, 6.07) is 0.890. The van der Waals surface area contributed by atoms with E-state index in [4.69, 9.17) is 22.1 Å². The normalized spacial score (nSPS) is 14.8. The van der Waals surface area contributed by atoms with E-state index in [-0.39, 0.29) is 0 Å². The van der Waals surface area contributed by atoms with Gasteiger partial charge in [0.05, 0.1) is 13.3 Å². The Morgan fingerprint density at radius 2 is 2.35 bits per heavy atom. The predicted octanol–water partition coefficient (Wildman–Crippen LogP) is 1.46. The van der Waals surface area contributed by atoms with Crippen molar-refractivity contribution in [2.45, 2.75) is 25.3 Å². The van der Waals surface area contributed by atoms with Gasteiger partial charge in [-0.25, -0.2) is 4.98 Å². The number of ether oxygens (including phenoxy) is 1. The maximum Gasteiger partial charge on any atom is 0.318 e.